The van der Waals surface area contributed by atoms with Crippen LogP contribution in [0.5, 0.6) is 0 Å². The lowest BCUT2D eigenvalue weighted by molar-refractivity contribution is 0.0774. The zero-order chi connectivity index (χ0) is 14.5. The van der Waals surface area contributed by atoms with Gasteiger partial charge in [0.2, 0.25) is 0 Å². The van der Waals surface area contributed by atoms with Crippen LogP contribution < -0.4 is 5.32 Å². The first kappa shape index (κ1) is 16.0. The van der Waals surface area contributed by atoms with Crippen LogP contribution in [0.3, 0.4) is 0 Å². The van der Waals surface area contributed by atoms with Gasteiger partial charge in [-0.2, -0.15) is 0 Å². The van der Waals surface area contributed by atoms with Crippen LogP contribution in [0.1, 0.15) is 10.4 Å². The summed E-state index contributed by atoms with van der Waals surface area (Å²) < 4.78 is 0.936. The SMILES string of the molecule is CN(CCN1CCNCC1)C(=O)c1cc(Cl)ccc1I. The van der Waals surface area contributed by atoms with Crippen LogP contribution in [0.15, 0.2) is 18.2 Å². The van der Waals surface area contributed by atoms with Crippen LogP contribution in [0.25, 0.3) is 0 Å². The van der Waals surface area contributed by atoms with E-state index in [9.17, 15) is 4.79 Å². The molecule has 0 radical (unpaired) electrons. The monoisotopic (exact) mass is 407 g/mol. The van der Waals surface area contributed by atoms with Crippen molar-refractivity contribution in [1.82, 2.24) is 15.1 Å². The summed E-state index contributed by atoms with van der Waals surface area (Å²) in [5, 5.41) is 3.93. The van der Waals surface area contributed by atoms with Crippen molar-refractivity contribution in [1.29, 1.82) is 0 Å². The molecule has 1 saturated heterocycles. The number of amides is 1. The van der Waals surface area contributed by atoms with E-state index in [1.807, 2.05) is 13.1 Å². The minimum atomic E-state index is 0.0343. The van der Waals surface area contributed by atoms with Crippen LogP contribution in [-0.4, -0.2) is 62.0 Å². The highest BCUT2D eigenvalue weighted by molar-refractivity contribution is 14.1. The molecule has 1 aliphatic rings. The second-order valence-electron chi connectivity index (χ2n) is 4.94. The standard InChI is InChI=1S/C14H19ClIN3O/c1-18(8-9-19-6-4-17-5-7-19)14(20)12-10-11(15)2-3-13(12)16/h2-3,10,17H,4-9H2,1H3. The molecule has 0 bridgehead atoms. The zero-order valence-electron chi connectivity index (χ0n) is 11.5. The van der Waals surface area contributed by atoms with Crippen LogP contribution in [0, 0.1) is 3.57 Å². The predicted octanol–water partition coefficient (Wildman–Crippen LogP) is 1.92. The fourth-order valence-corrected chi connectivity index (χ4v) is 2.93. The highest BCUT2D eigenvalue weighted by Gasteiger charge is 2.17. The van der Waals surface area contributed by atoms with Crippen molar-refractivity contribution in [3.05, 3.63) is 32.4 Å². The molecule has 1 aromatic carbocycles. The Kier molecular flexibility index (Phi) is 6.07. The van der Waals surface area contributed by atoms with E-state index in [4.69, 9.17) is 11.6 Å². The lowest BCUT2D eigenvalue weighted by atomic mass is 10.2. The molecule has 0 atom stereocenters. The van der Waals surface area contributed by atoms with Crippen LogP contribution in [-0.2, 0) is 0 Å². The maximum Gasteiger partial charge on any atom is 0.254 e. The number of likely N-dealkylation sites (N-methyl/N-ethyl adjacent to an activating group) is 1. The van der Waals surface area contributed by atoms with Gasteiger partial charge < -0.3 is 10.2 Å². The van der Waals surface area contributed by atoms with Crippen molar-refractivity contribution in [2.75, 3.05) is 46.3 Å². The molecule has 1 fully saturated rings. The molecule has 1 N–H and O–H groups in total. The molecule has 1 amide bonds. The third-order valence-electron chi connectivity index (χ3n) is 3.47. The van der Waals surface area contributed by atoms with Crippen molar-refractivity contribution in [2.45, 2.75) is 0 Å². The van der Waals surface area contributed by atoms with Gasteiger partial charge in [0.05, 0.1) is 5.56 Å². The summed E-state index contributed by atoms with van der Waals surface area (Å²) in [6, 6.07) is 5.42. The maximum atomic E-state index is 12.4. The third-order valence-corrected chi connectivity index (χ3v) is 4.64. The fraction of sp³-hybridized carbons (Fsp3) is 0.500. The number of benzene rings is 1. The Bertz CT molecular complexity index is 477. The minimum absolute atomic E-state index is 0.0343. The lowest BCUT2D eigenvalue weighted by Crippen LogP contribution is -2.46. The van der Waals surface area contributed by atoms with Gasteiger partial charge in [0, 0.05) is 54.9 Å². The molecule has 20 heavy (non-hydrogen) atoms. The largest absolute Gasteiger partial charge is 0.340 e. The minimum Gasteiger partial charge on any atom is -0.340 e. The molecule has 0 spiro atoms. The van der Waals surface area contributed by atoms with Crippen LogP contribution in [0.4, 0.5) is 0 Å². The number of hydrogen-bond acceptors (Lipinski definition) is 3. The van der Waals surface area contributed by atoms with Crippen molar-refractivity contribution >= 4 is 40.1 Å². The fourth-order valence-electron chi connectivity index (χ4n) is 2.19. The van der Waals surface area contributed by atoms with Gasteiger partial charge in [0.25, 0.3) is 5.91 Å². The number of halogens is 2. The van der Waals surface area contributed by atoms with Gasteiger partial charge in [-0.3, -0.25) is 9.69 Å². The predicted molar refractivity (Wildman–Crippen MR) is 90.4 cm³/mol. The van der Waals surface area contributed by atoms with Gasteiger partial charge in [0.15, 0.2) is 0 Å². The number of hydrogen-bond donors (Lipinski definition) is 1. The Balaban J connectivity index is 1.92. The van der Waals surface area contributed by atoms with Crippen molar-refractivity contribution in [2.24, 2.45) is 0 Å². The Hall–Kier alpha value is -0.370. The molecule has 6 heteroatoms. The first-order valence-electron chi connectivity index (χ1n) is 6.71. The molecular weight excluding hydrogens is 389 g/mol. The Labute approximate surface area is 138 Å². The summed E-state index contributed by atoms with van der Waals surface area (Å²) in [4.78, 5) is 16.6. The number of piperazine rings is 1. The molecule has 1 heterocycles. The van der Waals surface area contributed by atoms with Gasteiger partial charge in [-0.1, -0.05) is 11.6 Å². The van der Waals surface area contributed by atoms with E-state index in [2.05, 4.69) is 32.8 Å². The molecule has 0 saturated carbocycles. The molecular formula is C14H19ClIN3O. The normalized spacial score (nSPS) is 16.1. The summed E-state index contributed by atoms with van der Waals surface area (Å²) in [6.45, 7) is 5.82. The molecule has 4 nitrogen and oxygen atoms in total. The van der Waals surface area contributed by atoms with E-state index in [1.54, 1.807) is 17.0 Å². The summed E-state index contributed by atoms with van der Waals surface area (Å²) in [5.41, 5.74) is 0.681. The Morgan fingerprint density at radius 3 is 2.85 bits per heavy atom. The summed E-state index contributed by atoms with van der Waals surface area (Å²) in [6.07, 6.45) is 0. The first-order chi connectivity index (χ1) is 9.58. The van der Waals surface area contributed by atoms with Crippen molar-refractivity contribution in [3.8, 4) is 0 Å². The molecule has 0 aromatic heterocycles. The molecule has 2 rings (SSSR count). The van der Waals surface area contributed by atoms with E-state index in [0.717, 1.165) is 42.8 Å². The number of nitrogens with zero attached hydrogens (tertiary/aromatic N) is 2. The van der Waals surface area contributed by atoms with Gasteiger partial charge >= 0.3 is 0 Å². The van der Waals surface area contributed by atoms with E-state index in [-0.39, 0.29) is 5.91 Å². The van der Waals surface area contributed by atoms with E-state index >= 15 is 0 Å². The lowest BCUT2D eigenvalue weighted by Gasteiger charge is -2.29. The molecule has 0 unspecified atom stereocenters. The average Bonchev–Trinajstić information content (AvgIpc) is 2.47. The average molecular weight is 408 g/mol. The quantitative estimate of drug-likeness (QED) is 0.775. The van der Waals surface area contributed by atoms with Crippen LogP contribution in [0.2, 0.25) is 5.02 Å². The van der Waals surface area contributed by atoms with E-state index in [1.165, 1.54) is 0 Å². The molecule has 110 valence electrons. The third kappa shape index (κ3) is 4.31. The number of nitrogens with one attached hydrogen (secondary N) is 1. The first-order valence-corrected chi connectivity index (χ1v) is 8.17. The van der Waals surface area contributed by atoms with E-state index in [0.29, 0.717) is 10.6 Å². The maximum absolute atomic E-state index is 12.4. The zero-order valence-corrected chi connectivity index (χ0v) is 14.4. The van der Waals surface area contributed by atoms with Crippen LogP contribution >= 0.6 is 34.2 Å². The van der Waals surface area contributed by atoms with Crippen molar-refractivity contribution in [3.63, 3.8) is 0 Å². The summed E-state index contributed by atoms with van der Waals surface area (Å²) >= 11 is 8.15. The summed E-state index contributed by atoms with van der Waals surface area (Å²) in [5.74, 6) is 0.0343. The number of rotatable bonds is 4. The molecule has 0 aliphatic carbocycles. The van der Waals surface area contributed by atoms with Gasteiger partial charge in [-0.15, -0.1) is 0 Å². The van der Waals surface area contributed by atoms with Crippen molar-refractivity contribution < 1.29 is 4.79 Å². The molecule has 1 aromatic rings. The Morgan fingerprint density at radius 1 is 1.45 bits per heavy atom. The topological polar surface area (TPSA) is 35.6 Å². The highest BCUT2D eigenvalue weighted by Crippen LogP contribution is 2.19. The molecule has 1 aliphatic heterocycles. The van der Waals surface area contributed by atoms with E-state index < -0.39 is 0 Å². The van der Waals surface area contributed by atoms with Gasteiger partial charge in [-0.05, 0) is 40.8 Å². The van der Waals surface area contributed by atoms with Gasteiger partial charge in [-0.25, -0.2) is 0 Å². The number of carbonyl (C=O) groups excluding carboxylic acids is 1. The van der Waals surface area contributed by atoms with Gasteiger partial charge in [0.1, 0.15) is 0 Å². The summed E-state index contributed by atoms with van der Waals surface area (Å²) in [7, 11) is 1.85. The number of carbonyl (C=O) groups is 1. The second kappa shape index (κ2) is 7.59. The smallest absolute Gasteiger partial charge is 0.254 e. The highest BCUT2D eigenvalue weighted by atomic mass is 127. The second-order valence-corrected chi connectivity index (χ2v) is 6.54. The Morgan fingerprint density at radius 2 is 2.15 bits per heavy atom.